The van der Waals surface area contributed by atoms with Crippen LogP contribution in [0.1, 0.15) is 76.6 Å². The minimum Gasteiger partial charge on any atom is -0.310 e. The van der Waals surface area contributed by atoms with Crippen LogP contribution in [0.4, 0.5) is 17.1 Å². The molecule has 0 fully saturated rings. The van der Waals surface area contributed by atoms with Crippen molar-refractivity contribution in [3.05, 3.63) is 198 Å². The van der Waals surface area contributed by atoms with Crippen molar-refractivity contribution in [1.29, 1.82) is 0 Å². The Balaban J connectivity index is 1.07. The van der Waals surface area contributed by atoms with Gasteiger partial charge in [-0.3, -0.25) is 0 Å². The molecule has 63 heavy (non-hydrogen) atoms. The lowest BCUT2D eigenvalue weighted by atomic mass is 9.62. The number of nitrogens with zero attached hydrogens (tertiary/aromatic N) is 1. The summed E-state index contributed by atoms with van der Waals surface area (Å²) in [6, 6.07) is 66.6. The second-order valence-electron chi connectivity index (χ2n) is 20.0. The van der Waals surface area contributed by atoms with Crippen LogP contribution in [0.25, 0.3) is 75.1 Å². The van der Waals surface area contributed by atoms with Gasteiger partial charge in [0.1, 0.15) is 0 Å². The zero-order valence-corrected chi connectivity index (χ0v) is 37.8. The average Bonchev–Trinajstić information content (AvgIpc) is 3.78. The van der Waals surface area contributed by atoms with Crippen LogP contribution in [0.15, 0.2) is 176 Å². The lowest BCUT2D eigenvalue weighted by Crippen LogP contribution is -2.34. The van der Waals surface area contributed by atoms with Crippen LogP contribution in [0.3, 0.4) is 0 Å². The fraction of sp³-hybridized carbons (Fsp3) is 0.180. The predicted octanol–water partition coefficient (Wildman–Crippen LogP) is 17.8. The smallest absolute Gasteiger partial charge is 0.0546 e. The maximum absolute atomic E-state index is 2.61. The normalized spacial score (nSPS) is 15.7. The Morgan fingerprint density at radius 1 is 0.397 bits per heavy atom. The van der Waals surface area contributed by atoms with Crippen molar-refractivity contribution in [2.24, 2.45) is 0 Å². The molecular weight excluding hydrogens is 779 g/mol. The van der Waals surface area contributed by atoms with E-state index in [1.54, 1.807) is 0 Å². The van der Waals surface area contributed by atoms with Crippen molar-refractivity contribution in [3.8, 4) is 33.4 Å². The Labute approximate surface area is 375 Å². The molecule has 2 heteroatoms. The van der Waals surface area contributed by atoms with Gasteiger partial charge in [0.2, 0.25) is 0 Å². The van der Waals surface area contributed by atoms with Gasteiger partial charge in [-0.15, -0.1) is 11.3 Å². The van der Waals surface area contributed by atoms with Gasteiger partial charge in [-0.2, -0.15) is 0 Å². The molecule has 0 saturated carbocycles. The number of hydrogen-bond acceptors (Lipinski definition) is 2. The number of fused-ring (bicyclic) bond motifs is 9. The summed E-state index contributed by atoms with van der Waals surface area (Å²) >= 11 is 1.87. The number of rotatable bonds is 5. The van der Waals surface area contributed by atoms with Gasteiger partial charge >= 0.3 is 0 Å². The molecule has 1 heterocycles. The Morgan fingerprint density at radius 3 is 1.79 bits per heavy atom. The molecule has 0 unspecified atom stereocenters. The van der Waals surface area contributed by atoms with E-state index in [0.29, 0.717) is 0 Å². The molecule has 1 nitrogen and oxygen atoms in total. The SMILES string of the molecule is CC1(C)CCC(C)(C)c2cc3c(cc21)-c1cccc(-c2cc(N(c4ccc(-c5cccc6ccccc56)cc4)c4ccc5sc6ccccc6c5c4)c4ccccc4c2)c1C3(C)C. The van der Waals surface area contributed by atoms with Gasteiger partial charge in [-0.1, -0.05) is 163 Å². The van der Waals surface area contributed by atoms with Crippen molar-refractivity contribution in [2.75, 3.05) is 4.90 Å². The minimum absolute atomic E-state index is 0.145. The number of anilines is 3. The quantitative estimate of drug-likeness (QED) is 0.167. The molecule has 0 bridgehead atoms. The predicted molar refractivity (Wildman–Crippen MR) is 273 cm³/mol. The molecule has 9 aromatic carbocycles. The van der Waals surface area contributed by atoms with Gasteiger partial charge in [-0.25, -0.2) is 0 Å². The van der Waals surface area contributed by atoms with E-state index in [1.165, 1.54) is 116 Å². The molecule has 0 aliphatic heterocycles. The highest BCUT2D eigenvalue weighted by atomic mass is 32.1. The van der Waals surface area contributed by atoms with E-state index in [2.05, 4.69) is 222 Å². The minimum atomic E-state index is -0.179. The van der Waals surface area contributed by atoms with Crippen LogP contribution < -0.4 is 4.90 Å². The first-order valence-electron chi connectivity index (χ1n) is 22.6. The van der Waals surface area contributed by atoms with Crippen molar-refractivity contribution in [1.82, 2.24) is 0 Å². The highest BCUT2D eigenvalue weighted by Crippen LogP contribution is 2.57. The number of thiophene rings is 1. The van der Waals surface area contributed by atoms with E-state index >= 15 is 0 Å². The molecule has 0 N–H and O–H groups in total. The third kappa shape index (κ3) is 5.88. The molecule has 0 spiro atoms. The average molecular weight is 830 g/mol. The van der Waals surface area contributed by atoms with Crippen molar-refractivity contribution >= 4 is 70.1 Å². The van der Waals surface area contributed by atoms with Crippen LogP contribution >= 0.6 is 11.3 Å². The molecule has 2 aliphatic rings. The monoisotopic (exact) mass is 829 g/mol. The summed E-state index contributed by atoms with van der Waals surface area (Å²) in [5.41, 5.74) is 17.3. The molecule has 0 saturated heterocycles. The second kappa shape index (κ2) is 13.8. The molecule has 0 atom stereocenters. The summed E-state index contributed by atoms with van der Waals surface area (Å²) in [6.07, 6.45) is 2.42. The summed E-state index contributed by atoms with van der Waals surface area (Å²) in [7, 11) is 0. The third-order valence-electron chi connectivity index (χ3n) is 14.9. The Bertz CT molecular complexity index is 3480. The molecule has 1 aromatic heterocycles. The maximum atomic E-state index is 2.61. The van der Waals surface area contributed by atoms with E-state index in [-0.39, 0.29) is 16.2 Å². The fourth-order valence-corrected chi connectivity index (χ4v) is 12.4. The van der Waals surface area contributed by atoms with Crippen molar-refractivity contribution in [2.45, 2.75) is 70.6 Å². The standard InChI is InChI=1S/C61H51NS/c1-59(2)31-32-60(3,4)54-37-52-50(36-53(54)59)49-23-14-22-47(58(49)61(52,5)6)41-33-40-16-8-10-19-46(40)55(34-41)62(43-29-30-57-51(35-43)48-20-11-12-24-56(48)63-57)42-27-25-39(26-28-42)45-21-13-17-38-15-7-9-18-44(38)45/h7-30,33-37H,31-32H2,1-6H3. The molecular formula is C61H51NS. The van der Waals surface area contributed by atoms with Crippen LogP contribution in [-0.4, -0.2) is 0 Å². The summed E-state index contributed by atoms with van der Waals surface area (Å²) in [4.78, 5) is 2.51. The van der Waals surface area contributed by atoms with Gasteiger partial charge in [0, 0.05) is 42.3 Å². The second-order valence-corrected chi connectivity index (χ2v) is 21.1. The fourth-order valence-electron chi connectivity index (χ4n) is 11.4. The number of benzene rings is 9. The van der Waals surface area contributed by atoms with E-state index in [0.717, 1.165) is 11.4 Å². The zero-order valence-electron chi connectivity index (χ0n) is 37.0. The largest absolute Gasteiger partial charge is 0.310 e. The van der Waals surface area contributed by atoms with E-state index in [9.17, 15) is 0 Å². The summed E-state index contributed by atoms with van der Waals surface area (Å²) in [6.45, 7) is 14.7. The maximum Gasteiger partial charge on any atom is 0.0546 e. The van der Waals surface area contributed by atoms with Gasteiger partial charge in [-0.05, 0) is 150 Å². The lowest BCUT2D eigenvalue weighted by molar-refractivity contribution is 0.331. The third-order valence-corrected chi connectivity index (χ3v) is 16.0. The highest BCUT2D eigenvalue weighted by Gasteiger charge is 2.43. The molecule has 306 valence electrons. The molecule has 0 amide bonds. The molecule has 0 radical (unpaired) electrons. The Morgan fingerprint density at radius 2 is 1.00 bits per heavy atom. The van der Waals surface area contributed by atoms with Crippen LogP contribution in [0.5, 0.6) is 0 Å². The van der Waals surface area contributed by atoms with Gasteiger partial charge in [0.05, 0.1) is 5.69 Å². The summed E-state index contributed by atoms with van der Waals surface area (Å²) in [5.74, 6) is 0. The summed E-state index contributed by atoms with van der Waals surface area (Å²) < 4.78 is 2.62. The van der Waals surface area contributed by atoms with Crippen LogP contribution in [-0.2, 0) is 16.2 Å². The van der Waals surface area contributed by atoms with E-state index in [4.69, 9.17) is 0 Å². The first kappa shape index (κ1) is 38.2. The van der Waals surface area contributed by atoms with E-state index in [1.807, 2.05) is 11.3 Å². The Kier molecular flexibility index (Phi) is 8.35. The van der Waals surface area contributed by atoms with Crippen LogP contribution in [0, 0.1) is 0 Å². The summed E-state index contributed by atoms with van der Waals surface area (Å²) in [5, 5.41) is 7.58. The van der Waals surface area contributed by atoms with Crippen molar-refractivity contribution in [3.63, 3.8) is 0 Å². The van der Waals surface area contributed by atoms with Gasteiger partial charge < -0.3 is 4.90 Å². The Hall–Kier alpha value is -6.48. The highest BCUT2D eigenvalue weighted by molar-refractivity contribution is 7.25. The first-order valence-corrected chi connectivity index (χ1v) is 23.4. The number of hydrogen-bond donors (Lipinski definition) is 0. The topological polar surface area (TPSA) is 3.24 Å². The molecule has 12 rings (SSSR count). The zero-order chi connectivity index (χ0) is 42.8. The van der Waals surface area contributed by atoms with Crippen LogP contribution in [0.2, 0.25) is 0 Å². The molecule has 10 aromatic rings. The van der Waals surface area contributed by atoms with E-state index < -0.39 is 0 Å². The van der Waals surface area contributed by atoms with Crippen molar-refractivity contribution < 1.29 is 0 Å². The van der Waals surface area contributed by atoms with Gasteiger partial charge in [0.15, 0.2) is 0 Å². The lowest BCUT2D eigenvalue weighted by Gasteiger charge is -2.42. The molecule has 2 aliphatic carbocycles. The van der Waals surface area contributed by atoms with Gasteiger partial charge in [0.25, 0.3) is 0 Å². The first-order chi connectivity index (χ1) is 30.5.